The summed E-state index contributed by atoms with van der Waals surface area (Å²) in [6, 6.07) is 9.21. The van der Waals surface area contributed by atoms with E-state index < -0.39 is 0 Å². The van der Waals surface area contributed by atoms with Crippen LogP contribution in [0.2, 0.25) is 10.0 Å². The van der Waals surface area contributed by atoms with E-state index in [0.717, 1.165) is 17.7 Å². The van der Waals surface area contributed by atoms with Crippen LogP contribution in [0.3, 0.4) is 0 Å². The smallest absolute Gasteiger partial charge is 0.251 e. The average molecular weight is 388 g/mol. The molecular weight excluding hydrogens is 373 g/mol. The molecular formula is C19H15Cl2N3O2. The first-order chi connectivity index (χ1) is 12.6. The van der Waals surface area contributed by atoms with Crippen LogP contribution >= 0.6 is 23.2 Å². The number of fused-ring (bicyclic) bond motifs is 1. The molecule has 4 rings (SSSR count). The maximum Gasteiger partial charge on any atom is 0.251 e. The second-order valence-electron chi connectivity index (χ2n) is 5.94. The average Bonchev–Trinajstić information content (AvgIpc) is 3.11. The van der Waals surface area contributed by atoms with Gasteiger partial charge in [-0.05, 0) is 36.2 Å². The lowest BCUT2D eigenvalue weighted by Gasteiger charge is -2.18. The maximum absolute atomic E-state index is 12.2. The standard InChI is InChI=1S/C19H15Cl2N3O2/c1-26-17-15(8-12(20)9-16(17)21)18-22-6-7-24(18)13-3-2-11-4-5-23-19(25)14(11)10-13/h2-3,6-10H,4-5H2,1H3,(H,23,25). The van der Waals surface area contributed by atoms with Gasteiger partial charge in [0.25, 0.3) is 5.91 Å². The number of halogens is 2. The fourth-order valence-electron chi connectivity index (χ4n) is 3.19. The summed E-state index contributed by atoms with van der Waals surface area (Å²) in [5, 5.41) is 3.77. The van der Waals surface area contributed by atoms with E-state index in [2.05, 4.69) is 10.3 Å². The number of aromatic nitrogens is 2. The lowest BCUT2D eigenvalue weighted by atomic mass is 9.99. The van der Waals surface area contributed by atoms with Gasteiger partial charge in [0.15, 0.2) is 0 Å². The second-order valence-corrected chi connectivity index (χ2v) is 6.78. The Bertz CT molecular complexity index is 1010. The molecule has 132 valence electrons. The van der Waals surface area contributed by atoms with Crippen molar-refractivity contribution < 1.29 is 9.53 Å². The lowest BCUT2D eigenvalue weighted by molar-refractivity contribution is 0.0946. The van der Waals surface area contributed by atoms with E-state index in [-0.39, 0.29) is 5.91 Å². The number of benzene rings is 2. The number of hydrogen-bond donors (Lipinski definition) is 1. The Labute approximate surface area is 160 Å². The first-order valence-corrected chi connectivity index (χ1v) is 8.82. The highest BCUT2D eigenvalue weighted by molar-refractivity contribution is 6.36. The van der Waals surface area contributed by atoms with E-state index in [4.69, 9.17) is 27.9 Å². The fourth-order valence-corrected chi connectivity index (χ4v) is 3.77. The minimum Gasteiger partial charge on any atom is -0.494 e. The molecule has 1 aromatic heterocycles. The van der Waals surface area contributed by atoms with Gasteiger partial charge in [-0.1, -0.05) is 29.3 Å². The molecule has 0 aliphatic carbocycles. The molecule has 0 radical (unpaired) electrons. The van der Waals surface area contributed by atoms with Crippen molar-refractivity contribution >= 4 is 29.1 Å². The Hall–Kier alpha value is -2.50. The van der Waals surface area contributed by atoms with E-state index in [0.29, 0.717) is 39.3 Å². The molecule has 2 heterocycles. The summed E-state index contributed by atoms with van der Waals surface area (Å²) in [5.41, 5.74) is 3.23. The van der Waals surface area contributed by atoms with Gasteiger partial charge in [0.2, 0.25) is 0 Å². The predicted molar refractivity (Wildman–Crippen MR) is 102 cm³/mol. The van der Waals surface area contributed by atoms with Gasteiger partial charge in [0.1, 0.15) is 11.6 Å². The van der Waals surface area contributed by atoms with Crippen LogP contribution in [0.25, 0.3) is 17.1 Å². The SMILES string of the molecule is COc1c(Cl)cc(Cl)cc1-c1nccn1-c1ccc2c(c1)C(=O)NCC2. The van der Waals surface area contributed by atoms with E-state index >= 15 is 0 Å². The topological polar surface area (TPSA) is 56.2 Å². The summed E-state index contributed by atoms with van der Waals surface area (Å²) in [6.45, 7) is 0.666. The first kappa shape index (κ1) is 16.9. The molecule has 26 heavy (non-hydrogen) atoms. The van der Waals surface area contributed by atoms with Crippen LogP contribution in [0.4, 0.5) is 0 Å². The van der Waals surface area contributed by atoms with Crippen molar-refractivity contribution in [1.29, 1.82) is 0 Å². The normalized spacial score (nSPS) is 13.3. The molecule has 1 aliphatic heterocycles. The molecule has 0 spiro atoms. The molecule has 1 N–H and O–H groups in total. The summed E-state index contributed by atoms with van der Waals surface area (Å²) < 4.78 is 7.33. The molecule has 0 saturated carbocycles. The van der Waals surface area contributed by atoms with Crippen molar-refractivity contribution in [2.45, 2.75) is 6.42 Å². The Morgan fingerprint density at radius 3 is 2.85 bits per heavy atom. The van der Waals surface area contributed by atoms with Crippen LogP contribution < -0.4 is 10.1 Å². The van der Waals surface area contributed by atoms with Gasteiger partial charge < -0.3 is 10.1 Å². The summed E-state index contributed by atoms with van der Waals surface area (Å²) in [4.78, 5) is 16.6. The van der Waals surface area contributed by atoms with E-state index in [1.165, 1.54) is 0 Å². The molecule has 0 unspecified atom stereocenters. The number of imidazole rings is 1. The third kappa shape index (κ3) is 2.83. The van der Waals surface area contributed by atoms with Crippen LogP contribution in [-0.4, -0.2) is 29.1 Å². The summed E-state index contributed by atoms with van der Waals surface area (Å²) in [6.07, 6.45) is 4.34. The molecule has 0 saturated heterocycles. The second kappa shape index (κ2) is 6.67. The number of carbonyl (C=O) groups excluding carboxylic acids is 1. The number of rotatable bonds is 3. The number of nitrogens with zero attached hydrogens (tertiary/aromatic N) is 2. The van der Waals surface area contributed by atoms with Crippen LogP contribution in [0.5, 0.6) is 5.75 Å². The van der Waals surface area contributed by atoms with Gasteiger partial charge in [0.05, 0.1) is 17.7 Å². The molecule has 5 nitrogen and oxygen atoms in total. The molecule has 0 atom stereocenters. The number of nitrogens with one attached hydrogen (secondary N) is 1. The zero-order chi connectivity index (χ0) is 18.3. The maximum atomic E-state index is 12.2. The predicted octanol–water partition coefficient (Wildman–Crippen LogP) is 4.14. The van der Waals surface area contributed by atoms with Crippen molar-refractivity contribution in [2.75, 3.05) is 13.7 Å². The lowest BCUT2D eigenvalue weighted by Crippen LogP contribution is -2.31. The number of methoxy groups -OCH3 is 1. The van der Waals surface area contributed by atoms with Crippen LogP contribution in [0, 0.1) is 0 Å². The van der Waals surface area contributed by atoms with Crippen LogP contribution in [0.15, 0.2) is 42.7 Å². The number of amides is 1. The third-order valence-electron chi connectivity index (χ3n) is 4.39. The highest BCUT2D eigenvalue weighted by Crippen LogP contribution is 2.39. The number of ether oxygens (including phenoxy) is 1. The van der Waals surface area contributed by atoms with Crippen molar-refractivity contribution in [3.8, 4) is 22.8 Å². The number of hydrogen-bond acceptors (Lipinski definition) is 3. The molecule has 2 aromatic carbocycles. The van der Waals surface area contributed by atoms with Gasteiger partial charge in [-0.3, -0.25) is 9.36 Å². The quantitative estimate of drug-likeness (QED) is 0.734. The summed E-state index contributed by atoms with van der Waals surface area (Å²) >= 11 is 12.4. The fraction of sp³-hybridized carbons (Fsp3) is 0.158. The van der Waals surface area contributed by atoms with E-state index in [1.807, 2.05) is 29.0 Å². The first-order valence-electron chi connectivity index (χ1n) is 8.06. The zero-order valence-electron chi connectivity index (χ0n) is 13.9. The van der Waals surface area contributed by atoms with Crippen LogP contribution in [-0.2, 0) is 6.42 Å². The van der Waals surface area contributed by atoms with Crippen molar-refractivity contribution in [2.24, 2.45) is 0 Å². The van der Waals surface area contributed by atoms with Crippen molar-refractivity contribution in [3.63, 3.8) is 0 Å². The molecule has 0 fully saturated rings. The number of carbonyl (C=O) groups is 1. The van der Waals surface area contributed by atoms with Crippen molar-refractivity contribution in [3.05, 3.63) is 63.9 Å². The van der Waals surface area contributed by atoms with Gasteiger partial charge in [0, 0.05) is 35.2 Å². The Balaban J connectivity index is 1.87. The van der Waals surface area contributed by atoms with Gasteiger partial charge in [-0.25, -0.2) is 4.98 Å². The minimum absolute atomic E-state index is 0.0573. The monoisotopic (exact) mass is 387 g/mol. The molecule has 1 aliphatic rings. The van der Waals surface area contributed by atoms with E-state index in [1.54, 1.807) is 25.4 Å². The van der Waals surface area contributed by atoms with Gasteiger partial charge in [-0.15, -0.1) is 0 Å². The molecule has 7 heteroatoms. The van der Waals surface area contributed by atoms with Crippen LogP contribution in [0.1, 0.15) is 15.9 Å². The molecule has 1 amide bonds. The summed E-state index contributed by atoms with van der Waals surface area (Å²) in [5.74, 6) is 1.07. The minimum atomic E-state index is -0.0573. The van der Waals surface area contributed by atoms with Crippen molar-refractivity contribution in [1.82, 2.24) is 14.9 Å². The highest BCUT2D eigenvalue weighted by Gasteiger charge is 2.20. The Kier molecular flexibility index (Phi) is 4.34. The highest BCUT2D eigenvalue weighted by atomic mass is 35.5. The Morgan fingerprint density at radius 1 is 1.19 bits per heavy atom. The third-order valence-corrected chi connectivity index (χ3v) is 4.89. The molecule has 0 bridgehead atoms. The summed E-state index contributed by atoms with van der Waals surface area (Å²) in [7, 11) is 1.55. The molecule has 3 aromatic rings. The Morgan fingerprint density at radius 2 is 2.04 bits per heavy atom. The largest absolute Gasteiger partial charge is 0.494 e. The zero-order valence-corrected chi connectivity index (χ0v) is 15.4. The van der Waals surface area contributed by atoms with E-state index in [9.17, 15) is 4.79 Å². The van der Waals surface area contributed by atoms with Gasteiger partial charge >= 0.3 is 0 Å². The van der Waals surface area contributed by atoms with Gasteiger partial charge in [-0.2, -0.15) is 0 Å².